The van der Waals surface area contributed by atoms with E-state index in [1.165, 1.54) is 30.4 Å². The fourth-order valence-corrected chi connectivity index (χ4v) is 5.77. The molecule has 160 valence electrons. The Morgan fingerprint density at radius 2 is 1.66 bits per heavy atom. The molecule has 1 aliphatic heterocycles. The number of nitrogens with one attached hydrogen (secondary N) is 1. The molecule has 4 unspecified atom stereocenters. The highest BCUT2D eigenvalue weighted by molar-refractivity contribution is 5.78. The van der Waals surface area contributed by atoms with Crippen LogP contribution in [0.4, 0.5) is 0 Å². The van der Waals surface area contributed by atoms with Crippen molar-refractivity contribution in [2.24, 2.45) is 23.5 Å². The molecule has 3 N–H and O–H groups in total. The second-order valence-electron chi connectivity index (χ2n) is 9.68. The fraction of sp³-hybridized carbons (Fsp3) is 0.708. The van der Waals surface area contributed by atoms with Crippen LogP contribution in [-0.4, -0.2) is 42.1 Å². The summed E-state index contributed by atoms with van der Waals surface area (Å²) in [5.74, 6) is 1.45. The van der Waals surface area contributed by atoms with Crippen molar-refractivity contribution in [3.05, 3.63) is 35.4 Å². The summed E-state index contributed by atoms with van der Waals surface area (Å²) in [4.78, 5) is 15.2. The second kappa shape index (κ2) is 9.15. The summed E-state index contributed by atoms with van der Waals surface area (Å²) in [6.07, 6.45) is 6.21. The van der Waals surface area contributed by atoms with Crippen molar-refractivity contribution in [3.8, 4) is 0 Å². The average molecular weight is 400 g/mol. The van der Waals surface area contributed by atoms with Gasteiger partial charge in [0.2, 0.25) is 5.91 Å². The number of benzene rings is 1. The molecule has 4 rings (SSSR count). The minimum Gasteiger partial charge on any atom is -0.373 e. The Hall–Kier alpha value is -1.43. The van der Waals surface area contributed by atoms with Gasteiger partial charge < -0.3 is 15.8 Å². The topological polar surface area (TPSA) is 67.6 Å². The number of carbonyl (C=O) groups excluding carboxylic acids is 1. The summed E-state index contributed by atoms with van der Waals surface area (Å²) >= 11 is 0. The molecule has 4 atom stereocenters. The first-order chi connectivity index (χ1) is 14.0. The lowest BCUT2D eigenvalue weighted by Crippen LogP contribution is -2.49. The maximum atomic E-state index is 12.7. The van der Waals surface area contributed by atoms with Gasteiger partial charge in [0.15, 0.2) is 0 Å². The Labute approximate surface area is 175 Å². The van der Waals surface area contributed by atoms with E-state index in [-0.39, 0.29) is 11.8 Å². The second-order valence-corrected chi connectivity index (χ2v) is 9.68. The number of hydrogen-bond acceptors (Lipinski definition) is 4. The first kappa shape index (κ1) is 20.8. The first-order valence-electron chi connectivity index (χ1n) is 11.5. The number of fused-ring (bicyclic) bond motifs is 2. The molecule has 29 heavy (non-hydrogen) atoms. The van der Waals surface area contributed by atoms with Crippen molar-refractivity contribution in [2.45, 2.75) is 77.3 Å². The molecule has 1 amide bonds. The third kappa shape index (κ3) is 5.19. The zero-order valence-corrected chi connectivity index (χ0v) is 18.0. The van der Waals surface area contributed by atoms with Gasteiger partial charge in [-0.3, -0.25) is 9.69 Å². The molecule has 0 aromatic heterocycles. The van der Waals surface area contributed by atoms with Crippen LogP contribution in [0.3, 0.4) is 0 Å². The number of nitrogens with zero attached hydrogens (tertiary/aromatic N) is 1. The van der Waals surface area contributed by atoms with Gasteiger partial charge in [-0.1, -0.05) is 30.7 Å². The molecule has 2 saturated carbocycles. The number of carbonyl (C=O) groups is 1. The fourth-order valence-electron chi connectivity index (χ4n) is 5.77. The highest BCUT2D eigenvalue weighted by Crippen LogP contribution is 2.41. The van der Waals surface area contributed by atoms with Crippen molar-refractivity contribution in [2.75, 3.05) is 13.1 Å². The summed E-state index contributed by atoms with van der Waals surface area (Å²) in [6.45, 7) is 7.81. The highest BCUT2D eigenvalue weighted by Gasteiger charge is 2.40. The monoisotopic (exact) mass is 399 g/mol. The van der Waals surface area contributed by atoms with Crippen LogP contribution in [0.15, 0.2) is 24.3 Å². The molecule has 5 nitrogen and oxygen atoms in total. The molecular weight excluding hydrogens is 362 g/mol. The van der Waals surface area contributed by atoms with Gasteiger partial charge in [0.1, 0.15) is 0 Å². The van der Waals surface area contributed by atoms with Gasteiger partial charge in [-0.05, 0) is 62.5 Å². The van der Waals surface area contributed by atoms with Gasteiger partial charge in [-0.2, -0.15) is 0 Å². The quantitative estimate of drug-likeness (QED) is 0.799. The number of rotatable bonds is 5. The summed E-state index contributed by atoms with van der Waals surface area (Å²) in [7, 11) is 0. The van der Waals surface area contributed by atoms with E-state index in [0.29, 0.717) is 36.6 Å². The summed E-state index contributed by atoms with van der Waals surface area (Å²) in [5, 5.41) is 3.18. The standard InChI is InChI=1S/C24H37N3O2/c1-16-13-27(14-17(2)29-16)15-19-8-6-18(7-9-19)12-26-24(28)22-10-20-4-3-5-21(11-22)23(20)25/h6-9,16-17,20-23H,3-5,10-15,25H2,1-2H3,(H,26,28). The summed E-state index contributed by atoms with van der Waals surface area (Å²) < 4.78 is 5.82. The lowest BCUT2D eigenvalue weighted by molar-refractivity contribution is -0.128. The van der Waals surface area contributed by atoms with E-state index in [9.17, 15) is 4.79 Å². The normalized spacial score (nSPS) is 35.3. The molecule has 1 saturated heterocycles. The molecule has 2 aliphatic carbocycles. The van der Waals surface area contributed by atoms with Crippen molar-refractivity contribution in [1.82, 2.24) is 10.2 Å². The lowest BCUT2D eigenvalue weighted by Gasteiger charge is -2.43. The maximum absolute atomic E-state index is 12.7. The van der Waals surface area contributed by atoms with Crippen LogP contribution < -0.4 is 11.1 Å². The van der Waals surface area contributed by atoms with E-state index < -0.39 is 0 Å². The Bertz CT molecular complexity index is 668. The number of amides is 1. The summed E-state index contributed by atoms with van der Waals surface area (Å²) in [6, 6.07) is 8.99. The number of nitrogens with two attached hydrogens (primary N) is 1. The first-order valence-corrected chi connectivity index (χ1v) is 11.5. The van der Waals surface area contributed by atoms with E-state index in [2.05, 4.69) is 48.3 Å². The van der Waals surface area contributed by atoms with E-state index in [1.807, 2.05) is 0 Å². The molecule has 3 aliphatic rings. The number of morpholine rings is 1. The third-order valence-electron chi connectivity index (χ3n) is 7.17. The third-order valence-corrected chi connectivity index (χ3v) is 7.17. The van der Waals surface area contributed by atoms with Gasteiger partial charge in [0.05, 0.1) is 12.2 Å². The molecule has 0 spiro atoms. The zero-order valence-electron chi connectivity index (χ0n) is 18.0. The smallest absolute Gasteiger partial charge is 0.223 e. The van der Waals surface area contributed by atoms with Crippen molar-refractivity contribution in [3.63, 3.8) is 0 Å². The van der Waals surface area contributed by atoms with Gasteiger partial charge in [0.25, 0.3) is 0 Å². The Kier molecular flexibility index (Phi) is 6.57. The Morgan fingerprint density at radius 3 is 2.28 bits per heavy atom. The minimum absolute atomic E-state index is 0.148. The van der Waals surface area contributed by atoms with E-state index in [1.54, 1.807) is 0 Å². The van der Waals surface area contributed by atoms with Crippen molar-refractivity contribution in [1.29, 1.82) is 0 Å². The van der Waals surface area contributed by atoms with Crippen LogP contribution in [0.2, 0.25) is 0 Å². The van der Waals surface area contributed by atoms with E-state index >= 15 is 0 Å². The predicted molar refractivity (Wildman–Crippen MR) is 115 cm³/mol. The van der Waals surface area contributed by atoms with Gasteiger partial charge in [0, 0.05) is 38.1 Å². The van der Waals surface area contributed by atoms with E-state index in [0.717, 1.165) is 32.5 Å². The van der Waals surface area contributed by atoms with Crippen LogP contribution >= 0.6 is 0 Å². The van der Waals surface area contributed by atoms with Gasteiger partial charge in [-0.15, -0.1) is 0 Å². The van der Waals surface area contributed by atoms with Crippen LogP contribution in [0.5, 0.6) is 0 Å². The zero-order chi connectivity index (χ0) is 20.4. The molecule has 0 radical (unpaired) electrons. The van der Waals surface area contributed by atoms with Crippen molar-refractivity contribution >= 4 is 5.91 Å². The Balaban J connectivity index is 1.25. The van der Waals surface area contributed by atoms with Gasteiger partial charge >= 0.3 is 0 Å². The van der Waals surface area contributed by atoms with Gasteiger partial charge in [-0.25, -0.2) is 0 Å². The SMILES string of the molecule is CC1CN(Cc2ccc(CNC(=O)C3CC4CCCC(C3)C4N)cc2)CC(C)O1. The lowest BCUT2D eigenvalue weighted by atomic mass is 9.65. The molecule has 3 fully saturated rings. The largest absolute Gasteiger partial charge is 0.373 e. The Morgan fingerprint density at radius 1 is 1.07 bits per heavy atom. The molecular formula is C24H37N3O2. The number of ether oxygens (including phenoxy) is 1. The summed E-state index contributed by atoms with van der Waals surface area (Å²) in [5.41, 5.74) is 8.85. The number of hydrogen-bond donors (Lipinski definition) is 2. The van der Waals surface area contributed by atoms with Crippen LogP contribution in [-0.2, 0) is 22.6 Å². The molecule has 1 heterocycles. The van der Waals surface area contributed by atoms with Crippen LogP contribution in [0, 0.1) is 17.8 Å². The van der Waals surface area contributed by atoms with Crippen LogP contribution in [0.1, 0.15) is 57.1 Å². The highest BCUT2D eigenvalue weighted by atomic mass is 16.5. The molecule has 1 aromatic rings. The van der Waals surface area contributed by atoms with Crippen LogP contribution in [0.25, 0.3) is 0 Å². The van der Waals surface area contributed by atoms with E-state index in [4.69, 9.17) is 10.5 Å². The predicted octanol–water partition coefficient (Wildman–Crippen LogP) is 3.07. The van der Waals surface area contributed by atoms with Crippen molar-refractivity contribution < 1.29 is 9.53 Å². The molecule has 2 bridgehead atoms. The average Bonchev–Trinajstić information content (AvgIpc) is 2.66. The minimum atomic E-state index is 0.148. The molecule has 1 aromatic carbocycles. The maximum Gasteiger partial charge on any atom is 0.223 e. The molecule has 5 heteroatoms.